The van der Waals surface area contributed by atoms with Gasteiger partial charge in [-0.15, -0.1) is 0 Å². The van der Waals surface area contributed by atoms with E-state index in [0.717, 1.165) is 31.2 Å². The van der Waals surface area contributed by atoms with Gasteiger partial charge in [-0.25, -0.2) is 4.79 Å². The fourth-order valence-corrected chi connectivity index (χ4v) is 2.32. The van der Waals surface area contributed by atoms with Gasteiger partial charge in [0.1, 0.15) is 6.10 Å². The van der Waals surface area contributed by atoms with Gasteiger partial charge in [-0.2, -0.15) is 0 Å². The lowest BCUT2D eigenvalue weighted by Crippen LogP contribution is -2.27. The number of benzene rings is 1. The van der Waals surface area contributed by atoms with Gasteiger partial charge >= 0.3 is 5.97 Å². The monoisotopic (exact) mass is 260 g/mol. The summed E-state index contributed by atoms with van der Waals surface area (Å²) in [4.78, 5) is 11.7. The number of rotatable bonds is 4. The number of esters is 1. The van der Waals surface area contributed by atoms with Crippen molar-refractivity contribution in [2.24, 2.45) is 0 Å². The van der Waals surface area contributed by atoms with Crippen LogP contribution in [0.5, 0.6) is 0 Å². The predicted octanol–water partition coefficient (Wildman–Crippen LogP) is 3.20. The SMILES string of the molecule is COC1CCC(OC(=O)/C=C/c2ccccc2)CC1. The van der Waals surface area contributed by atoms with E-state index in [9.17, 15) is 4.79 Å². The van der Waals surface area contributed by atoms with Crippen LogP contribution in [0.1, 0.15) is 31.2 Å². The lowest BCUT2D eigenvalue weighted by Gasteiger charge is -2.26. The summed E-state index contributed by atoms with van der Waals surface area (Å²) in [5.41, 5.74) is 1.00. The Labute approximate surface area is 114 Å². The van der Waals surface area contributed by atoms with Crippen LogP contribution in [0.25, 0.3) is 6.08 Å². The summed E-state index contributed by atoms with van der Waals surface area (Å²) in [5.74, 6) is -0.260. The summed E-state index contributed by atoms with van der Waals surface area (Å²) in [7, 11) is 1.74. The first kappa shape index (κ1) is 13.8. The Kier molecular flexibility index (Phi) is 5.16. The minimum Gasteiger partial charge on any atom is -0.459 e. The highest BCUT2D eigenvalue weighted by molar-refractivity contribution is 5.87. The van der Waals surface area contributed by atoms with E-state index in [2.05, 4.69) is 0 Å². The number of carbonyl (C=O) groups is 1. The standard InChI is InChI=1S/C16H20O3/c1-18-14-8-10-15(11-9-14)19-16(17)12-7-13-5-3-2-4-6-13/h2-7,12,14-15H,8-11H2,1H3/b12-7+. The van der Waals surface area contributed by atoms with Crippen LogP contribution in [0.15, 0.2) is 36.4 Å². The Hall–Kier alpha value is -1.61. The van der Waals surface area contributed by atoms with Crippen molar-refractivity contribution in [2.45, 2.75) is 37.9 Å². The van der Waals surface area contributed by atoms with Crippen molar-refractivity contribution < 1.29 is 14.3 Å². The largest absolute Gasteiger partial charge is 0.459 e. The van der Waals surface area contributed by atoms with Crippen LogP contribution in [0.2, 0.25) is 0 Å². The fourth-order valence-electron chi connectivity index (χ4n) is 2.32. The molecule has 0 aliphatic heterocycles. The molecule has 0 saturated heterocycles. The Balaban J connectivity index is 1.77. The van der Waals surface area contributed by atoms with Crippen molar-refractivity contribution in [2.75, 3.05) is 7.11 Å². The van der Waals surface area contributed by atoms with Crippen molar-refractivity contribution in [3.63, 3.8) is 0 Å². The minimum atomic E-state index is -0.260. The van der Waals surface area contributed by atoms with Crippen molar-refractivity contribution in [3.8, 4) is 0 Å². The van der Waals surface area contributed by atoms with Crippen LogP contribution in [-0.2, 0) is 14.3 Å². The van der Waals surface area contributed by atoms with Gasteiger partial charge in [-0.1, -0.05) is 30.3 Å². The second-order valence-corrected chi connectivity index (χ2v) is 4.82. The predicted molar refractivity (Wildman–Crippen MR) is 74.6 cm³/mol. The summed E-state index contributed by atoms with van der Waals surface area (Å²) < 4.78 is 10.7. The van der Waals surface area contributed by atoms with E-state index in [0.29, 0.717) is 6.10 Å². The molecule has 0 spiro atoms. The highest BCUT2D eigenvalue weighted by Gasteiger charge is 2.22. The van der Waals surface area contributed by atoms with E-state index in [-0.39, 0.29) is 12.1 Å². The third kappa shape index (κ3) is 4.52. The van der Waals surface area contributed by atoms with Gasteiger partial charge < -0.3 is 9.47 Å². The van der Waals surface area contributed by atoms with Gasteiger partial charge in [0.05, 0.1) is 6.10 Å². The number of hydrogen-bond donors (Lipinski definition) is 0. The summed E-state index contributed by atoms with van der Waals surface area (Å²) >= 11 is 0. The molecule has 1 aromatic carbocycles. The zero-order chi connectivity index (χ0) is 13.5. The average molecular weight is 260 g/mol. The molecule has 1 aliphatic carbocycles. The first-order valence-electron chi connectivity index (χ1n) is 6.74. The van der Waals surface area contributed by atoms with Crippen LogP contribution >= 0.6 is 0 Å². The van der Waals surface area contributed by atoms with Crippen LogP contribution in [0.3, 0.4) is 0 Å². The maximum atomic E-state index is 11.7. The molecule has 0 unspecified atom stereocenters. The summed E-state index contributed by atoms with van der Waals surface area (Å²) in [6, 6.07) is 9.74. The molecular weight excluding hydrogens is 240 g/mol. The van der Waals surface area contributed by atoms with E-state index >= 15 is 0 Å². The van der Waals surface area contributed by atoms with Gasteiger partial charge in [0.2, 0.25) is 0 Å². The second kappa shape index (κ2) is 7.10. The van der Waals surface area contributed by atoms with Crippen molar-refractivity contribution in [3.05, 3.63) is 42.0 Å². The number of carbonyl (C=O) groups excluding carboxylic acids is 1. The smallest absolute Gasteiger partial charge is 0.331 e. The zero-order valence-corrected chi connectivity index (χ0v) is 11.2. The molecular formula is C16H20O3. The van der Waals surface area contributed by atoms with Crippen molar-refractivity contribution >= 4 is 12.0 Å². The Morgan fingerprint density at radius 3 is 2.37 bits per heavy atom. The summed E-state index contributed by atoms with van der Waals surface area (Å²) in [5, 5.41) is 0. The molecule has 0 N–H and O–H groups in total. The molecule has 0 aromatic heterocycles. The molecule has 0 radical (unpaired) electrons. The molecule has 0 heterocycles. The van der Waals surface area contributed by atoms with E-state index in [1.165, 1.54) is 6.08 Å². The van der Waals surface area contributed by atoms with E-state index in [1.807, 2.05) is 30.3 Å². The molecule has 2 rings (SSSR count). The third-order valence-electron chi connectivity index (χ3n) is 3.45. The number of ether oxygens (including phenoxy) is 2. The molecule has 1 aromatic rings. The van der Waals surface area contributed by atoms with Crippen LogP contribution in [0, 0.1) is 0 Å². The number of methoxy groups -OCH3 is 1. The van der Waals surface area contributed by atoms with Gasteiger partial charge in [0, 0.05) is 13.2 Å². The van der Waals surface area contributed by atoms with Crippen LogP contribution in [0.4, 0.5) is 0 Å². The molecule has 3 nitrogen and oxygen atoms in total. The van der Waals surface area contributed by atoms with Gasteiger partial charge in [-0.05, 0) is 37.3 Å². The Bertz CT molecular complexity index is 417. The molecule has 0 bridgehead atoms. The van der Waals surface area contributed by atoms with Crippen molar-refractivity contribution in [1.29, 1.82) is 0 Å². The third-order valence-corrected chi connectivity index (χ3v) is 3.45. The summed E-state index contributed by atoms with van der Waals surface area (Å²) in [6.45, 7) is 0. The summed E-state index contributed by atoms with van der Waals surface area (Å²) in [6.07, 6.45) is 7.37. The molecule has 19 heavy (non-hydrogen) atoms. The maximum Gasteiger partial charge on any atom is 0.331 e. The molecule has 102 valence electrons. The van der Waals surface area contributed by atoms with E-state index < -0.39 is 0 Å². The zero-order valence-electron chi connectivity index (χ0n) is 11.2. The molecule has 1 aliphatic rings. The second-order valence-electron chi connectivity index (χ2n) is 4.82. The fraction of sp³-hybridized carbons (Fsp3) is 0.438. The Morgan fingerprint density at radius 2 is 1.74 bits per heavy atom. The van der Waals surface area contributed by atoms with Crippen LogP contribution in [-0.4, -0.2) is 25.3 Å². The van der Waals surface area contributed by atoms with E-state index in [4.69, 9.17) is 9.47 Å². The normalized spacial score (nSPS) is 23.4. The van der Waals surface area contributed by atoms with Gasteiger partial charge in [0.25, 0.3) is 0 Å². The van der Waals surface area contributed by atoms with E-state index in [1.54, 1.807) is 13.2 Å². The highest BCUT2D eigenvalue weighted by atomic mass is 16.5. The minimum absolute atomic E-state index is 0.0410. The van der Waals surface area contributed by atoms with Crippen LogP contribution < -0.4 is 0 Å². The van der Waals surface area contributed by atoms with Gasteiger partial charge in [-0.3, -0.25) is 0 Å². The molecule has 1 saturated carbocycles. The lowest BCUT2D eigenvalue weighted by atomic mass is 9.95. The quantitative estimate of drug-likeness (QED) is 0.616. The lowest BCUT2D eigenvalue weighted by molar-refractivity contribution is -0.145. The first-order chi connectivity index (χ1) is 9.28. The molecule has 0 atom stereocenters. The Morgan fingerprint density at radius 1 is 1.11 bits per heavy atom. The first-order valence-corrected chi connectivity index (χ1v) is 6.74. The topological polar surface area (TPSA) is 35.5 Å². The molecule has 0 amide bonds. The van der Waals surface area contributed by atoms with Crippen molar-refractivity contribution in [1.82, 2.24) is 0 Å². The molecule has 3 heteroatoms. The van der Waals surface area contributed by atoms with Gasteiger partial charge in [0.15, 0.2) is 0 Å². The molecule has 1 fully saturated rings. The maximum absolute atomic E-state index is 11.7. The highest BCUT2D eigenvalue weighted by Crippen LogP contribution is 2.23. The average Bonchev–Trinajstić information content (AvgIpc) is 2.47. The number of hydrogen-bond acceptors (Lipinski definition) is 3.